The van der Waals surface area contributed by atoms with E-state index in [1.807, 2.05) is 0 Å². The van der Waals surface area contributed by atoms with Crippen molar-refractivity contribution < 1.29 is 24.2 Å². The lowest BCUT2D eigenvalue weighted by Gasteiger charge is -2.20. The zero-order valence-corrected chi connectivity index (χ0v) is 18.8. The van der Waals surface area contributed by atoms with E-state index < -0.39 is 18.2 Å². The first-order valence-electron chi connectivity index (χ1n) is 8.37. The predicted octanol–water partition coefficient (Wildman–Crippen LogP) is 5.46. The number of carbonyl (C=O) groups excluding carboxylic acids is 2. The molecule has 0 heterocycles. The maximum Gasteiger partial charge on any atom is 0.412 e. The summed E-state index contributed by atoms with van der Waals surface area (Å²) in [6, 6.07) is 11.9. The Bertz CT molecular complexity index is 816. The molecule has 2 aromatic carbocycles. The van der Waals surface area contributed by atoms with Crippen LogP contribution in [0, 0.1) is 0 Å². The van der Waals surface area contributed by atoms with Crippen molar-refractivity contribution in [2.45, 2.75) is 18.9 Å². The molecule has 2 N–H and O–H groups in total. The predicted molar refractivity (Wildman–Crippen MR) is 117 cm³/mol. The lowest BCUT2D eigenvalue weighted by Crippen LogP contribution is -2.18. The molecular weight excluding hydrogens is 514 g/mol. The van der Waals surface area contributed by atoms with Gasteiger partial charge in [-0.3, -0.25) is 10.1 Å². The van der Waals surface area contributed by atoms with Crippen LogP contribution in [0.2, 0.25) is 0 Å². The van der Waals surface area contributed by atoms with Crippen LogP contribution in [0.5, 0.6) is 5.75 Å². The number of anilines is 1. The summed E-state index contributed by atoms with van der Waals surface area (Å²) in [4.78, 5) is 23.5. The summed E-state index contributed by atoms with van der Waals surface area (Å²) in [5, 5.41) is 12.8. The molecule has 150 valence electrons. The number of halogens is 2. The first-order valence-corrected chi connectivity index (χ1v) is 10.6. The molecule has 0 aliphatic carbocycles. The van der Waals surface area contributed by atoms with Gasteiger partial charge < -0.3 is 14.6 Å². The Morgan fingerprint density at radius 3 is 2.46 bits per heavy atom. The van der Waals surface area contributed by atoms with Gasteiger partial charge in [-0.1, -0.05) is 31.9 Å². The van der Waals surface area contributed by atoms with Gasteiger partial charge in [0.15, 0.2) is 0 Å². The number of phenols is 1. The molecule has 0 radical (unpaired) electrons. The molecule has 0 bridgehead atoms. The largest absolute Gasteiger partial charge is 0.508 e. The lowest BCUT2D eigenvalue weighted by molar-refractivity contribution is -0.140. The van der Waals surface area contributed by atoms with E-state index in [4.69, 9.17) is 9.47 Å². The van der Waals surface area contributed by atoms with Crippen molar-refractivity contribution in [1.82, 2.24) is 0 Å². The molecule has 0 saturated carbocycles. The highest BCUT2D eigenvalue weighted by Crippen LogP contribution is 2.33. The number of benzene rings is 2. The molecule has 9 heteroatoms. The maximum atomic E-state index is 12.3. The van der Waals surface area contributed by atoms with Gasteiger partial charge in [0.05, 0.1) is 12.4 Å². The fourth-order valence-corrected chi connectivity index (χ4v) is 3.11. The topological polar surface area (TPSA) is 84.9 Å². The van der Waals surface area contributed by atoms with E-state index in [0.717, 1.165) is 8.95 Å². The van der Waals surface area contributed by atoms with Crippen molar-refractivity contribution in [1.29, 1.82) is 0 Å². The molecule has 0 aromatic heterocycles. The van der Waals surface area contributed by atoms with Crippen LogP contribution in [-0.2, 0) is 14.3 Å². The Balaban J connectivity index is 2.06. The van der Waals surface area contributed by atoms with Gasteiger partial charge in [0.25, 0.3) is 0 Å². The number of ether oxygens (including phenoxy) is 2. The van der Waals surface area contributed by atoms with Gasteiger partial charge >= 0.3 is 12.1 Å². The van der Waals surface area contributed by atoms with Crippen LogP contribution in [0.1, 0.15) is 24.5 Å². The van der Waals surface area contributed by atoms with Crippen LogP contribution in [-0.4, -0.2) is 29.5 Å². The van der Waals surface area contributed by atoms with Gasteiger partial charge in [-0.05, 0) is 55.3 Å². The number of thiol groups is 1. The summed E-state index contributed by atoms with van der Waals surface area (Å²) in [6.07, 6.45) is -0.569. The molecule has 0 aliphatic rings. The standard InChI is InChI=1S/C19H19Br2NO5S/c20-12-3-6-14(7-4-12)22-19(25)27-17(2-1-9-26-18(24)11-28)15-10-13(21)5-8-16(15)23/h3-8,10,17,23,28H,1-2,9,11H2,(H,22,25)/t17-/m1/s1. The molecule has 6 nitrogen and oxygen atoms in total. The van der Waals surface area contributed by atoms with Gasteiger partial charge in [0.2, 0.25) is 0 Å². The third-order valence-electron chi connectivity index (χ3n) is 3.68. The van der Waals surface area contributed by atoms with E-state index in [-0.39, 0.29) is 18.1 Å². The average Bonchev–Trinajstić information content (AvgIpc) is 2.67. The van der Waals surface area contributed by atoms with E-state index in [1.54, 1.807) is 36.4 Å². The monoisotopic (exact) mass is 531 g/mol. The molecule has 0 fully saturated rings. The van der Waals surface area contributed by atoms with Crippen LogP contribution >= 0.6 is 44.5 Å². The minimum absolute atomic E-state index is 0.00193. The lowest BCUT2D eigenvalue weighted by atomic mass is 10.0. The van der Waals surface area contributed by atoms with Crippen molar-refractivity contribution in [3.8, 4) is 5.75 Å². The number of rotatable bonds is 8. The number of nitrogens with one attached hydrogen (secondary N) is 1. The summed E-state index contributed by atoms with van der Waals surface area (Å²) < 4.78 is 12.2. The summed E-state index contributed by atoms with van der Waals surface area (Å²) in [7, 11) is 0. The maximum absolute atomic E-state index is 12.3. The molecule has 2 aromatic rings. The van der Waals surface area contributed by atoms with Crippen molar-refractivity contribution >= 4 is 62.2 Å². The van der Waals surface area contributed by atoms with E-state index in [2.05, 4.69) is 49.8 Å². The molecular formula is C19H19Br2NO5S. The van der Waals surface area contributed by atoms with Crippen LogP contribution in [0.15, 0.2) is 51.4 Å². The summed E-state index contributed by atoms with van der Waals surface area (Å²) in [5.41, 5.74) is 1.04. The van der Waals surface area contributed by atoms with Gasteiger partial charge in [-0.25, -0.2) is 4.79 Å². The van der Waals surface area contributed by atoms with E-state index in [9.17, 15) is 14.7 Å². The molecule has 1 amide bonds. The van der Waals surface area contributed by atoms with Crippen LogP contribution in [0.25, 0.3) is 0 Å². The molecule has 0 spiro atoms. The van der Waals surface area contributed by atoms with Crippen molar-refractivity contribution in [3.63, 3.8) is 0 Å². The normalized spacial score (nSPS) is 11.5. The highest BCUT2D eigenvalue weighted by atomic mass is 79.9. The molecule has 1 atom stereocenters. The van der Waals surface area contributed by atoms with Crippen LogP contribution < -0.4 is 5.32 Å². The van der Waals surface area contributed by atoms with E-state index in [0.29, 0.717) is 24.1 Å². The smallest absolute Gasteiger partial charge is 0.412 e. The van der Waals surface area contributed by atoms with Crippen molar-refractivity contribution in [2.24, 2.45) is 0 Å². The van der Waals surface area contributed by atoms with Crippen LogP contribution in [0.3, 0.4) is 0 Å². The Labute approximate surface area is 185 Å². The molecule has 0 saturated heterocycles. The van der Waals surface area contributed by atoms with Crippen molar-refractivity contribution in [2.75, 3.05) is 17.7 Å². The number of aromatic hydroxyl groups is 1. The fraction of sp³-hybridized carbons (Fsp3) is 0.263. The summed E-state index contributed by atoms with van der Waals surface area (Å²) in [6.45, 7) is 0.169. The molecule has 0 unspecified atom stereocenters. The fourth-order valence-electron chi connectivity index (χ4n) is 2.37. The number of esters is 1. The highest BCUT2D eigenvalue weighted by molar-refractivity contribution is 9.10. The first kappa shape index (κ1) is 22.6. The number of carbonyl (C=O) groups is 2. The van der Waals surface area contributed by atoms with E-state index in [1.165, 1.54) is 6.07 Å². The third kappa shape index (κ3) is 7.37. The molecule has 28 heavy (non-hydrogen) atoms. The van der Waals surface area contributed by atoms with Crippen molar-refractivity contribution in [3.05, 3.63) is 57.0 Å². The Hall–Kier alpha value is -1.71. The minimum atomic E-state index is -0.720. The summed E-state index contributed by atoms with van der Waals surface area (Å²) >= 11 is 10.5. The second-order valence-electron chi connectivity index (χ2n) is 5.75. The molecule has 0 aliphatic heterocycles. The zero-order valence-electron chi connectivity index (χ0n) is 14.7. The molecule has 2 rings (SSSR count). The van der Waals surface area contributed by atoms with Gasteiger partial charge in [0.1, 0.15) is 11.9 Å². The number of amides is 1. The number of phenolic OH excluding ortho intramolecular Hbond substituents is 1. The minimum Gasteiger partial charge on any atom is -0.508 e. The SMILES string of the molecule is O=C(CS)OCCC[C@@H](OC(=O)Nc1ccc(Br)cc1)c1cc(Br)ccc1O. The third-order valence-corrected chi connectivity index (χ3v) is 4.96. The second kappa shape index (κ2) is 11.3. The first-order chi connectivity index (χ1) is 13.4. The Kier molecular flexibility index (Phi) is 9.14. The van der Waals surface area contributed by atoms with Gasteiger partial charge in [0, 0.05) is 20.2 Å². The van der Waals surface area contributed by atoms with Gasteiger partial charge in [-0.15, -0.1) is 0 Å². The van der Waals surface area contributed by atoms with E-state index >= 15 is 0 Å². The summed E-state index contributed by atoms with van der Waals surface area (Å²) in [5.74, 6) is -0.404. The van der Waals surface area contributed by atoms with Crippen LogP contribution in [0.4, 0.5) is 10.5 Å². The Morgan fingerprint density at radius 1 is 1.11 bits per heavy atom. The second-order valence-corrected chi connectivity index (χ2v) is 7.90. The average molecular weight is 533 g/mol. The highest BCUT2D eigenvalue weighted by Gasteiger charge is 2.21. The quantitative estimate of drug-likeness (QED) is 0.239. The Morgan fingerprint density at radius 2 is 1.79 bits per heavy atom. The zero-order chi connectivity index (χ0) is 20.5. The number of hydrogen-bond acceptors (Lipinski definition) is 6. The number of hydrogen-bond donors (Lipinski definition) is 3. The van der Waals surface area contributed by atoms with Gasteiger partial charge in [-0.2, -0.15) is 12.6 Å².